The molecule has 80 valence electrons. The van der Waals surface area contributed by atoms with Crippen molar-refractivity contribution >= 4 is 27.0 Å². The van der Waals surface area contributed by atoms with Gasteiger partial charge in [0.2, 0.25) is 0 Å². The van der Waals surface area contributed by atoms with Gasteiger partial charge in [-0.15, -0.1) is 0 Å². The molecule has 0 N–H and O–H groups in total. The topological polar surface area (TPSA) is 21.1 Å². The molecule has 0 saturated carbocycles. The molecule has 2 rings (SSSR count). The van der Waals surface area contributed by atoms with Crippen LogP contribution >= 0.6 is 15.9 Å². The number of hydrogen-bond donors (Lipinski definition) is 0. The van der Waals surface area contributed by atoms with Crippen LogP contribution in [0.25, 0.3) is 11.0 Å². The molecule has 0 radical (unpaired) electrons. The molecule has 0 unspecified atom stereocenters. The molecule has 1 aromatic heterocycles. The van der Waals surface area contributed by atoms with E-state index in [9.17, 15) is 0 Å². The van der Waals surface area contributed by atoms with Gasteiger partial charge in [-0.25, -0.2) is 4.98 Å². The highest BCUT2D eigenvalue weighted by Crippen LogP contribution is 2.18. The van der Waals surface area contributed by atoms with E-state index in [1.165, 1.54) is 5.52 Å². The van der Waals surface area contributed by atoms with E-state index in [4.69, 9.17) is 0 Å². The maximum absolute atomic E-state index is 4.37. The van der Waals surface area contributed by atoms with Gasteiger partial charge >= 0.3 is 0 Å². The van der Waals surface area contributed by atoms with Crippen LogP contribution in [-0.2, 0) is 6.54 Å². The Morgan fingerprint density at radius 3 is 2.93 bits per heavy atom. The highest BCUT2D eigenvalue weighted by atomic mass is 79.9. The summed E-state index contributed by atoms with van der Waals surface area (Å²) in [4.78, 5) is 6.54. The molecule has 0 bridgehead atoms. The summed E-state index contributed by atoms with van der Waals surface area (Å²) in [7, 11) is 4.16. The molecule has 0 saturated heterocycles. The highest BCUT2D eigenvalue weighted by Gasteiger charge is 2.02. The summed E-state index contributed by atoms with van der Waals surface area (Å²) < 4.78 is 3.26. The lowest BCUT2D eigenvalue weighted by Gasteiger charge is -2.10. The van der Waals surface area contributed by atoms with E-state index in [0.717, 1.165) is 23.1 Å². The maximum Gasteiger partial charge on any atom is 0.0958 e. The second-order valence-corrected chi connectivity index (χ2v) is 4.79. The van der Waals surface area contributed by atoms with Gasteiger partial charge in [0.1, 0.15) is 0 Å². The van der Waals surface area contributed by atoms with Crippen LogP contribution in [0.1, 0.15) is 0 Å². The average Bonchev–Trinajstić information content (AvgIpc) is 2.57. The number of imidazole rings is 1. The summed E-state index contributed by atoms with van der Waals surface area (Å²) in [6, 6.07) is 6.19. The summed E-state index contributed by atoms with van der Waals surface area (Å²) >= 11 is 3.45. The van der Waals surface area contributed by atoms with Gasteiger partial charge in [-0.1, -0.05) is 15.9 Å². The molecule has 4 heteroatoms. The summed E-state index contributed by atoms with van der Waals surface area (Å²) in [6.07, 6.45) is 1.90. The van der Waals surface area contributed by atoms with Crippen LogP contribution < -0.4 is 0 Å². The van der Waals surface area contributed by atoms with Crippen molar-refractivity contribution in [3.8, 4) is 0 Å². The number of halogens is 1. The molecule has 15 heavy (non-hydrogen) atoms. The number of rotatable bonds is 3. The highest BCUT2D eigenvalue weighted by molar-refractivity contribution is 9.10. The molecule has 0 amide bonds. The Labute approximate surface area is 97.8 Å². The second kappa shape index (κ2) is 4.33. The summed E-state index contributed by atoms with van der Waals surface area (Å²) in [6.45, 7) is 2.01. The van der Waals surface area contributed by atoms with E-state index >= 15 is 0 Å². The van der Waals surface area contributed by atoms with Crippen molar-refractivity contribution in [3.63, 3.8) is 0 Å². The molecule has 0 aliphatic rings. The number of fused-ring (bicyclic) bond motifs is 1. The van der Waals surface area contributed by atoms with Gasteiger partial charge in [-0.05, 0) is 32.3 Å². The van der Waals surface area contributed by atoms with E-state index in [1.54, 1.807) is 0 Å². The molecular weight excluding hydrogens is 254 g/mol. The van der Waals surface area contributed by atoms with Gasteiger partial charge in [0.25, 0.3) is 0 Å². The molecule has 0 atom stereocenters. The van der Waals surface area contributed by atoms with Gasteiger partial charge in [0, 0.05) is 17.6 Å². The van der Waals surface area contributed by atoms with E-state index in [1.807, 2.05) is 12.4 Å². The van der Waals surface area contributed by atoms with Crippen LogP contribution in [0.4, 0.5) is 0 Å². The minimum Gasteiger partial charge on any atom is -0.329 e. The monoisotopic (exact) mass is 267 g/mol. The zero-order valence-corrected chi connectivity index (χ0v) is 10.5. The van der Waals surface area contributed by atoms with Crippen molar-refractivity contribution in [1.29, 1.82) is 0 Å². The van der Waals surface area contributed by atoms with Crippen molar-refractivity contribution in [2.45, 2.75) is 6.54 Å². The predicted molar refractivity (Wildman–Crippen MR) is 66.0 cm³/mol. The van der Waals surface area contributed by atoms with Gasteiger partial charge in [-0.3, -0.25) is 0 Å². The van der Waals surface area contributed by atoms with E-state index < -0.39 is 0 Å². The molecule has 1 aromatic carbocycles. The lowest BCUT2D eigenvalue weighted by atomic mass is 10.3. The first-order valence-electron chi connectivity index (χ1n) is 4.92. The van der Waals surface area contributed by atoms with Gasteiger partial charge in [0.15, 0.2) is 0 Å². The van der Waals surface area contributed by atoms with Crippen LogP contribution in [0.5, 0.6) is 0 Å². The summed E-state index contributed by atoms with van der Waals surface area (Å²) in [5.74, 6) is 0. The molecule has 0 aliphatic heterocycles. The lowest BCUT2D eigenvalue weighted by Crippen LogP contribution is -2.17. The summed E-state index contributed by atoms with van der Waals surface area (Å²) in [5, 5.41) is 0. The van der Waals surface area contributed by atoms with Crippen LogP contribution in [0.3, 0.4) is 0 Å². The summed E-state index contributed by atoms with van der Waals surface area (Å²) in [5.41, 5.74) is 2.24. The Kier molecular flexibility index (Phi) is 3.07. The third-order valence-electron chi connectivity index (χ3n) is 2.37. The van der Waals surface area contributed by atoms with E-state index in [0.29, 0.717) is 0 Å². The quantitative estimate of drug-likeness (QED) is 0.852. The Morgan fingerprint density at radius 1 is 1.40 bits per heavy atom. The molecule has 3 nitrogen and oxygen atoms in total. The first kappa shape index (κ1) is 10.6. The van der Waals surface area contributed by atoms with Crippen LogP contribution in [0.2, 0.25) is 0 Å². The molecule has 0 fully saturated rings. The lowest BCUT2D eigenvalue weighted by molar-refractivity contribution is 0.386. The van der Waals surface area contributed by atoms with Crippen LogP contribution in [0, 0.1) is 0 Å². The number of nitrogens with zero attached hydrogens (tertiary/aromatic N) is 3. The third kappa shape index (κ3) is 2.38. The maximum atomic E-state index is 4.37. The molecule has 1 heterocycles. The average molecular weight is 268 g/mol. The number of hydrogen-bond acceptors (Lipinski definition) is 2. The molecule has 0 spiro atoms. The van der Waals surface area contributed by atoms with Crippen molar-refractivity contribution < 1.29 is 0 Å². The first-order chi connectivity index (χ1) is 7.16. The van der Waals surface area contributed by atoms with Crippen molar-refractivity contribution in [2.75, 3.05) is 20.6 Å². The standard InChI is InChI=1S/C11H14BrN3/c1-14(2)5-6-15-8-13-10-7-9(12)3-4-11(10)15/h3-4,7-8H,5-6H2,1-2H3. The minimum atomic E-state index is 0.977. The fourth-order valence-corrected chi connectivity index (χ4v) is 1.87. The van der Waals surface area contributed by atoms with Crippen LogP contribution in [-0.4, -0.2) is 35.1 Å². The number of aromatic nitrogens is 2. The van der Waals surface area contributed by atoms with E-state index in [-0.39, 0.29) is 0 Å². The SMILES string of the molecule is CN(C)CCn1cnc2cc(Br)ccc21. The van der Waals surface area contributed by atoms with Crippen LogP contribution in [0.15, 0.2) is 29.0 Å². The smallest absolute Gasteiger partial charge is 0.0958 e. The molecule has 2 aromatic rings. The van der Waals surface area contributed by atoms with E-state index in [2.05, 4.69) is 56.6 Å². The number of benzene rings is 1. The Hall–Kier alpha value is -0.870. The van der Waals surface area contributed by atoms with Crippen molar-refractivity contribution in [3.05, 3.63) is 29.0 Å². The predicted octanol–water partition coefficient (Wildman–Crippen LogP) is 2.36. The molecular formula is C11H14BrN3. The fraction of sp³-hybridized carbons (Fsp3) is 0.364. The van der Waals surface area contributed by atoms with Gasteiger partial charge in [0.05, 0.1) is 17.4 Å². The fourth-order valence-electron chi connectivity index (χ4n) is 1.52. The zero-order valence-electron chi connectivity index (χ0n) is 8.94. The van der Waals surface area contributed by atoms with Gasteiger partial charge < -0.3 is 9.47 Å². The Balaban J connectivity index is 2.29. The largest absolute Gasteiger partial charge is 0.329 e. The van der Waals surface area contributed by atoms with Gasteiger partial charge in [-0.2, -0.15) is 0 Å². The van der Waals surface area contributed by atoms with Crippen molar-refractivity contribution in [2.24, 2.45) is 0 Å². The number of likely N-dealkylation sites (N-methyl/N-ethyl adjacent to an activating group) is 1. The Bertz CT molecular complexity index is 462. The Morgan fingerprint density at radius 2 is 2.20 bits per heavy atom. The normalized spacial score (nSPS) is 11.5. The third-order valence-corrected chi connectivity index (χ3v) is 2.86. The first-order valence-corrected chi connectivity index (χ1v) is 5.71. The second-order valence-electron chi connectivity index (χ2n) is 3.87. The van der Waals surface area contributed by atoms with Crippen molar-refractivity contribution in [1.82, 2.24) is 14.5 Å². The molecule has 0 aliphatic carbocycles. The zero-order chi connectivity index (χ0) is 10.8. The minimum absolute atomic E-state index is 0.977.